The predicted octanol–water partition coefficient (Wildman–Crippen LogP) is 5.85. The second kappa shape index (κ2) is 7.14. The number of rotatable bonds is 5. The molecule has 3 nitrogen and oxygen atoms in total. The van der Waals surface area contributed by atoms with E-state index in [0.29, 0.717) is 0 Å². The molecule has 0 radical (unpaired) electrons. The molecule has 0 aliphatic heterocycles. The van der Waals surface area contributed by atoms with Crippen molar-refractivity contribution in [2.75, 3.05) is 0 Å². The van der Waals surface area contributed by atoms with Crippen molar-refractivity contribution < 1.29 is 14.0 Å². The normalized spacial score (nSPS) is 13.2. The number of hydrogen-bond donors (Lipinski definition) is 0. The van der Waals surface area contributed by atoms with Crippen LogP contribution in [0.2, 0.25) is 18.1 Å². The SMILES string of the molecule is CC(=O)C=Cc1ccc(O[Si](C)(C)C(C)(C)C)c(OC(C)(C)C)c1. The molecule has 0 fully saturated rings. The minimum absolute atomic E-state index is 0.0230. The highest BCUT2D eigenvalue weighted by atomic mass is 28.4. The minimum Gasteiger partial charge on any atom is -0.541 e. The monoisotopic (exact) mass is 348 g/mol. The van der Waals surface area contributed by atoms with Gasteiger partial charge < -0.3 is 9.16 Å². The number of carbonyl (C=O) groups is 1. The zero-order valence-electron chi connectivity index (χ0n) is 16.6. The van der Waals surface area contributed by atoms with Crippen molar-refractivity contribution >= 4 is 20.2 Å². The van der Waals surface area contributed by atoms with Gasteiger partial charge in [-0.2, -0.15) is 0 Å². The van der Waals surface area contributed by atoms with E-state index in [0.717, 1.165) is 17.1 Å². The maximum atomic E-state index is 11.2. The van der Waals surface area contributed by atoms with E-state index in [1.807, 2.05) is 39.0 Å². The second-order valence-electron chi connectivity index (χ2n) is 8.73. The second-order valence-corrected chi connectivity index (χ2v) is 13.5. The molecule has 0 aromatic heterocycles. The van der Waals surface area contributed by atoms with Gasteiger partial charge in [-0.3, -0.25) is 4.79 Å². The van der Waals surface area contributed by atoms with Crippen LogP contribution in [-0.4, -0.2) is 19.7 Å². The third-order valence-electron chi connectivity index (χ3n) is 4.07. The van der Waals surface area contributed by atoms with Crippen LogP contribution in [-0.2, 0) is 4.79 Å². The largest absolute Gasteiger partial charge is 0.541 e. The van der Waals surface area contributed by atoms with E-state index in [9.17, 15) is 4.79 Å². The Labute approximate surface area is 148 Å². The average molecular weight is 349 g/mol. The van der Waals surface area contributed by atoms with Gasteiger partial charge in [0.2, 0.25) is 0 Å². The number of allylic oxidation sites excluding steroid dienone is 1. The number of ether oxygens (including phenoxy) is 1. The zero-order chi connectivity index (χ0) is 18.8. The molecule has 0 bridgehead atoms. The van der Waals surface area contributed by atoms with E-state index in [-0.39, 0.29) is 16.4 Å². The Morgan fingerprint density at radius 3 is 2.08 bits per heavy atom. The van der Waals surface area contributed by atoms with Crippen LogP contribution >= 0.6 is 0 Å². The summed E-state index contributed by atoms with van der Waals surface area (Å²) in [6.45, 7) is 18.7. The Kier molecular flexibility index (Phi) is 6.09. The van der Waals surface area contributed by atoms with Gasteiger partial charge in [-0.15, -0.1) is 0 Å². The highest BCUT2D eigenvalue weighted by molar-refractivity contribution is 6.74. The summed E-state index contributed by atoms with van der Waals surface area (Å²) < 4.78 is 12.6. The van der Waals surface area contributed by atoms with Gasteiger partial charge in [-0.1, -0.05) is 32.9 Å². The van der Waals surface area contributed by atoms with Crippen LogP contribution in [0.15, 0.2) is 24.3 Å². The number of hydrogen-bond acceptors (Lipinski definition) is 3. The van der Waals surface area contributed by atoms with Gasteiger partial charge in [0, 0.05) is 0 Å². The van der Waals surface area contributed by atoms with Gasteiger partial charge in [-0.25, -0.2) is 0 Å². The topological polar surface area (TPSA) is 35.5 Å². The first-order valence-electron chi connectivity index (χ1n) is 8.42. The van der Waals surface area contributed by atoms with Crippen molar-refractivity contribution in [1.29, 1.82) is 0 Å². The molecule has 0 heterocycles. The van der Waals surface area contributed by atoms with E-state index in [1.54, 1.807) is 12.2 Å². The van der Waals surface area contributed by atoms with Crippen molar-refractivity contribution in [2.24, 2.45) is 0 Å². The molecule has 24 heavy (non-hydrogen) atoms. The number of carbonyl (C=O) groups excluding carboxylic acids is 1. The van der Waals surface area contributed by atoms with Crippen LogP contribution < -0.4 is 9.16 Å². The summed E-state index contributed by atoms with van der Waals surface area (Å²) in [5, 5.41) is 0.110. The summed E-state index contributed by atoms with van der Waals surface area (Å²) in [6, 6.07) is 5.84. The Bertz CT molecular complexity index is 617. The molecule has 1 aromatic carbocycles. The lowest BCUT2D eigenvalue weighted by atomic mass is 10.1. The van der Waals surface area contributed by atoms with Crippen LogP contribution in [0, 0.1) is 0 Å². The lowest BCUT2D eigenvalue weighted by molar-refractivity contribution is -0.112. The van der Waals surface area contributed by atoms with E-state index in [2.05, 4.69) is 33.9 Å². The molecule has 1 aromatic rings. The van der Waals surface area contributed by atoms with Gasteiger partial charge in [-0.05, 0) is 69.6 Å². The molecule has 0 aliphatic rings. The molecule has 0 saturated carbocycles. The first-order chi connectivity index (χ1) is 10.7. The highest BCUT2D eigenvalue weighted by Gasteiger charge is 2.39. The van der Waals surface area contributed by atoms with Crippen LogP contribution in [0.5, 0.6) is 11.5 Å². The van der Waals surface area contributed by atoms with Crippen LogP contribution in [0.25, 0.3) is 6.08 Å². The van der Waals surface area contributed by atoms with Crippen molar-refractivity contribution in [3.8, 4) is 11.5 Å². The van der Waals surface area contributed by atoms with E-state index < -0.39 is 8.32 Å². The fourth-order valence-corrected chi connectivity index (χ4v) is 2.79. The Balaban J connectivity index is 3.26. The van der Waals surface area contributed by atoms with Crippen molar-refractivity contribution in [1.82, 2.24) is 0 Å². The van der Waals surface area contributed by atoms with E-state index in [1.165, 1.54) is 6.92 Å². The molecule has 0 unspecified atom stereocenters. The van der Waals surface area contributed by atoms with Gasteiger partial charge in [0.25, 0.3) is 8.32 Å². The third-order valence-corrected chi connectivity index (χ3v) is 8.41. The van der Waals surface area contributed by atoms with E-state index in [4.69, 9.17) is 9.16 Å². The fourth-order valence-electron chi connectivity index (χ4n) is 1.76. The first-order valence-corrected chi connectivity index (χ1v) is 11.3. The van der Waals surface area contributed by atoms with Gasteiger partial charge in [0.1, 0.15) is 11.4 Å². The van der Waals surface area contributed by atoms with Gasteiger partial charge in [0.15, 0.2) is 11.5 Å². The van der Waals surface area contributed by atoms with E-state index >= 15 is 0 Å². The lowest BCUT2D eigenvalue weighted by Crippen LogP contribution is -2.44. The van der Waals surface area contributed by atoms with Gasteiger partial charge in [0.05, 0.1) is 0 Å². The summed E-state index contributed by atoms with van der Waals surface area (Å²) in [6.07, 6.45) is 3.36. The molecule has 0 N–H and O–H groups in total. The molecule has 0 amide bonds. The maximum Gasteiger partial charge on any atom is 0.250 e. The molecular formula is C20H32O3Si. The molecule has 0 saturated heterocycles. The summed E-state index contributed by atoms with van der Waals surface area (Å²) in [5.74, 6) is 1.52. The average Bonchev–Trinajstić information content (AvgIpc) is 2.35. The third kappa shape index (κ3) is 6.15. The molecule has 134 valence electrons. The first kappa shape index (κ1) is 20.5. The van der Waals surface area contributed by atoms with Crippen molar-refractivity contribution in [2.45, 2.75) is 72.2 Å². The highest BCUT2D eigenvalue weighted by Crippen LogP contribution is 2.41. The molecule has 4 heteroatoms. The summed E-state index contributed by atoms with van der Waals surface area (Å²) >= 11 is 0. The Morgan fingerprint density at radius 2 is 1.62 bits per heavy atom. The maximum absolute atomic E-state index is 11.2. The molecule has 0 aliphatic carbocycles. The van der Waals surface area contributed by atoms with Crippen LogP contribution in [0.3, 0.4) is 0 Å². The van der Waals surface area contributed by atoms with Crippen molar-refractivity contribution in [3.05, 3.63) is 29.8 Å². The Hall–Kier alpha value is -1.55. The summed E-state index contributed by atoms with van der Waals surface area (Å²) in [5.41, 5.74) is 0.598. The summed E-state index contributed by atoms with van der Waals surface area (Å²) in [4.78, 5) is 11.2. The molecule has 1 rings (SSSR count). The lowest BCUT2D eigenvalue weighted by Gasteiger charge is -2.37. The zero-order valence-corrected chi connectivity index (χ0v) is 17.6. The quantitative estimate of drug-likeness (QED) is 0.494. The minimum atomic E-state index is -1.96. The van der Waals surface area contributed by atoms with Gasteiger partial charge >= 0.3 is 0 Å². The standard InChI is InChI=1S/C20H32O3Si/c1-15(21)10-11-16-12-13-17(18(14-16)22-19(2,3)4)23-24(8,9)20(5,6)7/h10-14H,1-9H3. The van der Waals surface area contributed by atoms with Crippen LogP contribution in [0.1, 0.15) is 54.0 Å². The number of ketones is 1. The summed E-state index contributed by atoms with van der Waals surface area (Å²) in [7, 11) is -1.96. The Morgan fingerprint density at radius 1 is 1.04 bits per heavy atom. The fraction of sp³-hybridized carbons (Fsp3) is 0.550. The smallest absolute Gasteiger partial charge is 0.250 e. The number of benzene rings is 1. The molecule has 0 spiro atoms. The molecular weight excluding hydrogens is 316 g/mol. The predicted molar refractivity (Wildman–Crippen MR) is 104 cm³/mol. The van der Waals surface area contributed by atoms with Crippen molar-refractivity contribution in [3.63, 3.8) is 0 Å². The van der Waals surface area contributed by atoms with Crippen LogP contribution in [0.4, 0.5) is 0 Å². The molecule has 0 atom stereocenters.